The van der Waals surface area contributed by atoms with Gasteiger partial charge in [-0.3, -0.25) is 4.79 Å². The fraction of sp³-hybridized carbons (Fsp3) is 0.611. The van der Waals surface area contributed by atoms with E-state index in [1.54, 1.807) is 12.1 Å². The fourth-order valence-corrected chi connectivity index (χ4v) is 5.23. The molecule has 0 radical (unpaired) electrons. The van der Waals surface area contributed by atoms with Crippen LogP contribution in [0.4, 0.5) is 4.39 Å². The summed E-state index contributed by atoms with van der Waals surface area (Å²) >= 11 is 0. The third-order valence-corrected chi connectivity index (χ3v) is 6.43. The molecule has 0 aromatic heterocycles. The Morgan fingerprint density at radius 2 is 1.96 bits per heavy atom. The van der Waals surface area contributed by atoms with Crippen molar-refractivity contribution < 1.29 is 17.6 Å². The highest BCUT2D eigenvalue weighted by atomic mass is 32.2. The second-order valence-corrected chi connectivity index (χ2v) is 9.20. The minimum Gasteiger partial charge on any atom is -0.356 e. The van der Waals surface area contributed by atoms with Gasteiger partial charge >= 0.3 is 0 Å². The quantitative estimate of drug-likeness (QED) is 0.765. The number of amides is 1. The Bertz CT molecular complexity index is 655. The lowest BCUT2D eigenvalue weighted by Gasteiger charge is -2.21. The Labute approximate surface area is 143 Å². The Morgan fingerprint density at radius 1 is 1.29 bits per heavy atom. The van der Waals surface area contributed by atoms with Crippen LogP contribution >= 0.6 is 0 Å². The molecule has 0 spiro atoms. The lowest BCUT2D eigenvalue weighted by atomic mass is 9.87. The first-order valence-corrected chi connectivity index (χ1v) is 10.3. The molecule has 24 heavy (non-hydrogen) atoms. The highest BCUT2D eigenvalue weighted by Crippen LogP contribution is 2.25. The molecular formula is C18H26FNO3S. The molecular weight excluding hydrogens is 329 g/mol. The van der Waals surface area contributed by atoms with Crippen molar-refractivity contribution in [1.29, 1.82) is 0 Å². The molecule has 2 unspecified atom stereocenters. The Balaban J connectivity index is 1.82. The van der Waals surface area contributed by atoms with Crippen molar-refractivity contribution in [3.63, 3.8) is 0 Å². The maximum atomic E-state index is 13.1. The molecule has 2 rings (SSSR count). The lowest BCUT2D eigenvalue weighted by Crippen LogP contribution is -2.33. The van der Waals surface area contributed by atoms with Gasteiger partial charge in [0.1, 0.15) is 5.82 Å². The monoisotopic (exact) mass is 355 g/mol. The average molecular weight is 355 g/mol. The van der Waals surface area contributed by atoms with E-state index in [4.69, 9.17) is 0 Å². The van der Waals surface area contributed by atoms with Crippen LogP contribution in [0.3, 0.4) is 0 Å². The van der Waals surface area contributed by atoms with Crippen molar-refractivity contribution in [3.05, 3.63) is 35.6 Å². The molecule has 1 heterocycles. The summed E-state index contributed by atoms with van der Waals surface area (Å²) in [6, 6.07) is 6.06. The van der Waals surface area contributed by atoms with Gasteiger partial charge in [-0.2, -0.15) is 0 Å². The van der Waals surface area contributed by atoms with Crippen molar-refractivity contribution in [2.75, 3.05) is 18.1 Å². The number of halogens is 1. The van der Waals surface area contributed by atoms with Gasteiger partial charge in [0.05, 0.1) is 17.4 Å². The lowest BCUT2D eigenvalue weighted by molar-refractivity contribution is -0.123. The van der Waals surface area contributed by atoms with Crippen LogP contribution in [-0.2, 0) is 14.6 Å². The van der Waals surface area contributed by atoms with Gasteiger partial charge in [-0.25, -0.2) is 12.8 Å². The van der Waals surface area contributed by atoms with E-state index in [0.717, 1.165) is 24.8 Å². The second kappa shape index (κ2) is 8.10. The first kappa shape index (κ1) is 18.9. The first-order valence-electron chi connectivity index (χ1n) is 8.52. The van der Waals surface area contributed by atoms with Crippen LogP contribution in [0.25, 0.3) is 0 Å². The maximum absolute atomic E-state index is 13.1. The Kier molecular flexibility index (Phi) is 6.38. The van der Waals surface area contributed by atoms with Crippen molar-refractivity contribution in [2.24, 2.45) is 11.8 Å². The van der Waals surface area contributed by atoms with Crippen molar-refractivity contribution >= 4 is 15.7 Å². The zero-order valence-corrected chi connectivity index (χ0v) is 15.1. The van der Waals surface area contributed by atoms with Gasteiger partial charge in [-0.05, 0) is 48.8 Å². The second-order valence-electron chi connectivity index (χ2n) is 6.98. The van der Waals surface area contributed by atoms with Gasteiger partial charge in [0.15, 0.2) is 9.84 Å². The summed E-state index contributed by atoms with van der Waals surface area (Å²) in [5, 5.41) is 2.94. The molecule has 1 aliphatic heterocycles. The van der Waals surface area contributed by atoms with Gasteiger partial charge in [0, 0.05) is 6.54 Å². The van der Waals surface area contributed by atoms with E-state index < -0.39 is 9.84 Å². The summed E-state index contributed by atoms with van der Waals surface area (Å²) < 4.78 is 35.9. The van der Waals surface area contributed by atoms with Crippen LogP contribution < -0.4 is 5.32 Å². The topological polar surface area (TPSA) is 63.2 Å². The highest BCUT2D eigenvalue weighted by molar-refractivity contribution is 7.91. The van der Waals surface area contributed by atoms with Crippen LogP contribution in [0, 0.1) is 17.7 Å². The normalized spacial score (nSPS) is 20.9. The first-order chi connectivity index (χ1) is 11.3. The Hall–Kier alpha value is -1.43. The van der Waals surface area contributed by atoms with E-state index >= 15 is 0 Å². The van der Waals surface area contributed by atoms with Crippen LogP contribution in [-0.4, -0.2) is 32.4 Å². The zero-order valence-electron chi connectivity index (χ0n) is 14.3. The van der Waals surface area contributed by atoms with Crippen LogP contribution in [0.1, 0.15) is 44.6 Å². The highest BCUT2D eigenvalue weighted by Gasteiger charge is 2.27. The van der Waals surface area contributed by atoms with Crippen LogP contribution in [0.5, 0.6) is 0 Å². The van der Waals surface area contributed by atoms with E-state index in [1.807, 2.05) is 13.8 Å². The van der Waals surface area contributed by atoms with Crippen LogP contribution in [0.15, 0.2) is 24.3 Å². The number of benzene rings is 1. The summed E-state index contributed by atoms with van der Waals surface area (Å²) in [5.74, 6) is 0.233. The van der Waals surface area contributed by atoms with Crippen molar-refractivity contribution in [1.82, 2.24) is 5.32 Å². The molecule has 1 N–H and O–H groups in total. The maximum Gasteiger partial charge on any atom is 0.227 e. The third-order valence-electron chi connectivity index (χ3n) is 4.59. The minimum absolute atomic E-state index is 0.0596. The number of sulfone groups is 1. The predicted octanol–water partition coefficient (Wildman–Crippen LogP) is 2.90. The van der Waals surface area contributed by atoms with Gasteiger partial charge < -0.3 is 5.32 Å². The third kappa shape index (κ3) is 5.30. The van der Waals surface area contributed by atoms with Gasteiger partial charge in [0.2, 0.25) is 5.91 Å². The van der Waals surface area contributed by atoms with Crippen LogP contribution in [0.2, 0.25) is 0 Å². The molecule has 1 amide bonds. The summed E-state index contributed by atoms with van der Waals surface area (Å²) in [5.41, 5.74) is 0.811. The summed E-state index contributed by atoms with van der Waals surface area (Å²) in [4.78, 5) is 12.5. The molecule has 2 atom stereocenters. The number of hydrogen-bond donors (Lipinski definition) is 1. The van der Waals surface area contributed by atoms with Crippen molar-refractivity contribution in [2.45, 2.75) is 39.0 Å². The van der Waals surface area contributed by atoms with E-state index in [-0.39, 0.29) is 35.2 Å². The molecule has 1 aromatic rings. The largest absolute Gasteiger partial charge is 0.356 e. The molecule has 1 aromatic carbocycles. The standard InChI is InChI=1S/C18H26FNO3S/c1-13(2)17(15-5-7-16(19)8-6-15)18(21)20-10-3-4-14-9-11-24(22,23)12-14/h5-8,13-14,17H,3-4,9-12H2,1-2H3,(H,20,21). The molecule has 0 saturated carbocycles. The SMILES string of the molecule is CC(C)C(C(=O)NCCCC1CCS(=O)(=O)C1)c1ccc(F)cc1. The summed E-state index contributed by atoms with van der Waals surface area (Å²) in [7, 11) is -2.83. The number of hydrogen-bond acceptors (Lipinski definition) is 3. The molecule has 134 valence electrons. The van der Waals surface area contributed by atoms with Crippen molar-refractivity contribution in [3.8, 4) is 0 Å². The fourth-order valence-electron chi connectivity index (χ4n) is 3.32. The minimum atomic E-state index is -2.83. The number of rotatable bonds is 7. The van der Waals surface area contributed by atoms with E-state index in [0.29, 0.717) is 12.3 Å². The molecule has 6 heteroatoms. The molecule has 0 bridgehead atoms. The predicted molar refractivity (Wildman–Crippen MR) is 93.0 cm³/mol. The smallest absolute Gasteiger partial charge is 0.227 e. The molecule has 0 aliphatic carbocycles. The molecule has 1 aliphatic rings. The van der Waals surface area contributed by atoms with E-state index in [2.05, 4.69) is 5.32 Å². The van der Waals surface area contributed by atoms with E-state index in [9.17, 15) is 17.6 Å². The summed E-state index contributed by atoms with van der Waals surface area (Å²) in [6.07, 6.45) is 2.34. The molecule has 1 fully saturated rings. The molecule has 1 saturated heterocycles. The average Bonchev–Trinajstić information content (AvgIpc) is 2.85. The molecule has 4 nitrogen and oxygen atoms in total. The van der Waals surface area contributed by atoms with Gasteiger partial charge in [-0.15, -0.1) is 0 Å². The van der Waals surface area contributed by atoms with Gasteiger partial charge in [-0.1, -0.05) is 26.0 Å². The summed E-state index contributed by atoms with van der Waals surface area (Å²) in [6.45, 7) is 4.48. The van der Waals surface area contributed by atoms with E-state index in [1.165, 1.54) is 12.1 Å². The van der Waals surface area contributed by atoms with Gasteiger partial charge in [0.25, 0.3) is 0 Å². The number of carbonyl (C=O) groups excluding carboxylic acids is 1. The zero-order chi connectivity index (χ0) is 17.7. The number of nitrogens with one attached hydrogen (secondary N) is 1. The Morgan fingerprint density at radius 3 is 2.50 bits per heavy atom. The number of carbonyl (C=O) groups is 1.